The molecule has 0 saturated heterocycles. The maximum absolute atomic E-state index is 13.4. The molecule has 2 amide bonds. The average Bonchev–Trinajstić information content (AvgIpc) is 2.90. The van der Waals surface area contributed by atoms with Gasteiger partial charge in [-0.25, -0.2) is 0 Å². The molecular formula is C25H30N4O5. The number of amidine groups is 1. The Hall–Kier alpha value is -3.88. The van der Waals surface area contributed by atoms with Gasteiger partial charge in [0.2, 0.25) is 5.91 Å². The molecule has 1 aliphatic rings. The molecule has 0 aromatic heterocycles. The first-order valence-electron chi connectivity index (χ1n) is 11.2. The molecule has 0 bridgehead atoms. The van der Waals surface area contributed by atoms with E-state index in [2.05, 4.69) is 0 Å². The van der Waals surface area contributed by atoms with Crippen LogP contribution in [-0.4, -0.2) is 54.3 Å². The number of hydrogen-bond acceptors (Lipinski definition) is 6. The van der Waals surface area contributed by atoms with E-state index in [1.807, 2.05) is 26.0 Å². The summed E-state index contributed by atoms with van der Waals surface area (Å²) in [7, 11) is 0. The van der Waals surface area contributed by atoms with E-state index in [0.717, 1.165) is 5.56 Å². The minimum absolute atomic E-state index is 0.00602. The van der Waals surface area contributed by atoms with Crippen LogP contribution in [0.5, 0.6) is 5.75 Å². The fourth-order valence-electron chi connectivity index (χ4n) is 3.76. The zero-order valence-electron chi connectivity index (χ0n) is 19.7. The molecule has 0 spiro atoms. The Morgan fingerprint density at radius 2 is 1.85 bits per heavy atom. The SMILES string of the molecule is CCOC(=O)CCN1CC(=O)N(C(C)C)c2ccc(OCc3ccc(C(=N)N)cc3)cc2C1=O. The third-order valence-electron chi connectivity index (χ3n) is 5.42. The summed E-state index contributed by atoms with van der Waals surface area (Å²) < 4.78 is 10.9. The molecule has 0 radical (unpaired) electrons. The molecule has 0 aliphatic carbocycles. The van der Waals surface area contributed by atoms with E-state index in [1.54, 1.807) is 42.2 Å². The average molecular weight is 467 g/mol. The van der Waals surface area contributed by atoms with Crippen molar-refractivity contribution < 1.29 is 23.9 Å². The van der Waals surface area contributed by atoms with E-state index < -0.39 is 5.97 Å². The number of carbonyl (C=O) groups is 3. The molecule has 0 fully saturated rings. The van der Waals surface area contributed by atoms with Crippen molar-refractivity contribution in [2.75, 3.05) is 24.6 Å². The van der Waals surface area contributed by atoms with Gasteiger partial charge in [0, 0.05) is 18.2 Å². The topological polar surface area (TPSA) is 126 Å². The molecule has 3 rings (SSSR count). The number of ether oxygens (including phenoxy) is 2. The van der Waals surface area contributed by atoms with Crippen molar-refractivity contribution in [2.45, 2.75) is 39.8 Å². The number of amides is 2. The Morgan fingerprint density at radius 3 is 2.47 bits per heavy atom. The molecule has 9 heteroatoms. The molecular weight excluding hydrogens is 436 g/mol. The Morgan fingerprint density at radius 1 is 1.15 bits per heavy atom. The van der Waals surface area contributed by atoms with Gasteiger partial charge in [-0.2, -0.15) is 0 Å². The number of hydrogen-bond donors (Lipinski definition) is 2. The molecule has 2 aromatic carbocycles. The van der Waals surface area contributed by atoms with Crippen LogP contribution in [-0.2, 0) is 20.9 Å². The van der Waals surface area contributed by atoms with Crippen molar-refractivity contribution in [1.82, 2.24) is 4.90 Å². The monoisotopic (exact) mass is 466 g/mol. The zero-order chi connectivity index (χ0) is 24.8. The normalized spacial score (nSPS) is 13.5. The Labute approximate surface area is 198 Å². The van der Waals surface area contributed by atoms with Crippen LogP contribution in [0, 0.1) is 5.41 Å². The minimum atomic E-state index is -0.416. The third-order valence-corrected chi connectivity index (χ3v) is 5.42. The summed E-state index contributed by atoms with van der Waals surface area (Å²) in [5.74, 6) is -0.502. The quantitative estimate of drug-likeness (QED) is 0.332. The summed E-state index contributed by atoms with van der Waals surface area (Å²) in [4.78, 5) is 41.1. The van der Waals surface area contributed by atoms with E-state index in [9.17, 15) is 14.4 Å². The minimum Gasteiger partial charge on any atom is -0.489 e. The highest BCUT2D eigenvalue weighted by molar-refractivity contribution is 6.10. The van der Waals surface area contributed by atoms with Crippen LogP contribution in [0.2, 0.25) is 0 Å². The van der Waals surface area contributed by atoms with Crippen LogP contribution in [0.1, 0.15) is 48.7 Å². The first kappa shape index (κ1) is 24.8. The van der Waals surface area contributed by atoms with E-state index in [0.29, 0.717) is 22.6 Å². The fourth-order valence-corrected chi connectivity index (χ4v) is 3.76. The molecule has 180 valence electrons. The van der Waals surface area contributed by atoms with E-state index in [4.69, 9.17) is 20.6 Å². The Kier molecular flexibility index (Phi) is 7.88. The van der Waals surface area contributed by atoms with Gasteiger partial charge >= 0.3 is 5.97 Å². The van der Waals surface area contributed by atoms with Crippen molar-refractivity contribution in [3.05, 3.63) is 59.2 Å². The van der Waals surface area contributed by atoms with Crippen LogP contribution < -0.4 is 15.4 Å². The second-order valence-corrected chi connectivity index (χ2v) is 8.22. The molecule has 1 heterocycles. The number of fused-ring (bicyclic) bond motifs is 1. The third kappa shape index (κ3) is 5.72. The van der Waals surface area contributed by atoms with E-state index in [-0.39, 0.29) is 56.4 Å². The maximum atomic E-state index is 13.4. The lowest BCUT2D eigenvalue weighted by Gasteiger charge is -2.26. The van der Waals surface area contributed by atoms with Gasteiger partial charge in [0.15, 0.2) is 0 Å². The zero-order valence-corrected chi connectivity index (χ0v) is 19.7. The summed E-state index contributed by atoms with van der Waals surface area (Å²) in [5.41, 5.74) is 7.85. The van der Waals surface area contributed by atoms with Gasteiger partial charge < -0.3 is 25.0 Å². The van der Waals surface area contributed by atoms with Gasteiger partial charge in [0.25, 0.3) is 5.91 Å². The van der Waals surface area contributed by atoms with Crippen LogP contribution in [0.25, 0.3) is 0 Å². The lowest BCUT2D eigenvalue weighted by atomic mass is 10.1. The van der Waals surface area contributed by atoms with Crippen molar-refractivity contribution in [3.8, 4) is 5.75 Å². The van der Waals surface area contributed by atoms with Crippen molar-refractivity contribution in [2.24, 2.45) is 5.73 Å². The summed E-state index contributed by atoms with van der Waals surface area (Å²) >= 11 is 0. The molecule has 34 heavy (non-hydrogen) atoms. The summed E-state index contributed by atoms with van der Waals surface area (Å²) in [6, 6.07) is 12.1. The number of esters is 1. The number of carbonyl (C=O) groups excluding carboxylic acids is 3. The summed E-state index contributed by atoms with van der Waals surface area (Å²) in [6.07, 6.45) is 0.0102. The highest BCUT2D eigenvalue weighted by atomic mass is 16.5. The number of nitrogen functional groups attached to an aromatic ring is 1. The number of benzene rings is 2. The molecule has 2 aromatic rings. The highest BCUT2D eigenvalue weighted by Crippen LogP contribution is 2.31. The standard InChI is InChI=1S/C25H30N4O5/c1-4-33-23(31)11-12-28-14-22(30)29(16(2)3)21-10-9-19(13-20(21)25(28)32)34-15-17-5-7-18(8-6-17)24(26)27/h5-10,13,16H,4,11-12,14-15H2,1-3H3,(H3,26,27). The number of rotatable bonds is 9. The maximum Gasteiger partial charge on any atom is 0.307 e. The van der Waals surface area contributed by atoms with Gasteiger partial charge in [-0.1, -0.05) is 24.3 Å². The van der Waals surface area contributed by atoms with E-state index >= 15 is 0 Å². The Bertz CT molecular complexity index is 1080. The van der Waals surface area contributed by atoms with Gasteiger partial charge in [-0.05, 0) is 44.5 Å². The smallest absolute Gasteiger partial charge is 0.307 e. The van der Waals surface area contributed by atoms with Crippen molar-refractivity contribution >= 4 is 29.3 Å². The second-order valence-electron chi connectivity index (χ2n) is 8.22. The predicted octanol–water partition coefficient (Wildman–Crippen LogP) is 2.70. The summed E-state index contributed by atoms with van der Waals surface area (Å²) in [6.45, 7) is 5.96. The molecule has 0 unspecified atom stereocenters. The van der Waals surface area contributed by atoms with Gasteiger partial charge in [0.05, 0.1) is 24.3 Å². The highest BCUT2D eigenvalue weighted by Gasteiger charge is 2.33. The molecule has 0 atom stereocenters. The van der Waals surface area contributed by atoms with Crippen molar-refractivity contribution in [1.29, 1.82) is 5.41 Å². The van der Waals surface area contributed by atoms with Crippen LogP contribution in [0.15, 0.2) is 42.5 Å². The largest absolute Gasteiger partial charge is 0.489 e. The van der Waals surface area contributed by atoms with Crippen molar-refractivity contribution in [3.63, 3.8) is 0 Å². The first-order chi connectivity index (χ1) is 16.2. The number of nitrogens with two attached hydrogens (primary N) is 1. The van der Waals surface area contributed by atoms with E-state index in [1.165, 1.54) is 4.90 Å². The van der Waals surface area contributed by atoms with Gasteiger partial charge in [0.1, 0.15) is 24.7 Å². The lowest BCUT2D eigenvalue weighted by molar-refractivity contribution is -0.143. The molecule has 1 aliphatic heterocycles. The van der Waals surface area contributed by atoms with Crippen LogP contribution >= 0.6 is 0 Å². The molecule has 3 N–H and O–H groups in total. The van der Waals surface area contributed by atoms with Crippen LogP contribution in [0.4, 0.5) is 5.69 Å². The molecule has 0 saturated carbocycles. The number of anilines is 1. The summed E-state index contributed by atoms with van der Waals surface area (Å²) in [5, 5.41) is 7.48. The lowest BCUT2D eigenvalue weighted by Crippen LogP contribution is -2.43. The van der Waals surface area contributed by atoms with Gasteiger partial charge in [-0.15, -0.1) is 0 Å². The number of nitrogens with zero attached hydrogens (tertiary/aromatic N) is 2. The second kappa shape index (κ2) is 10.8. The predicted molar refractivity (Wildman–Crippen MR) is 128 cm³/mol. The Balaban J connectivity index is 1.84. The fraction of sp³-hybridized carbons (Fsp3) is 0.360. The van der Waals surface area contributed by atoms with Crippen LogP contribution in [0.3, 0.4) is 0 Å². The number of nitrogens with one attached hydrogen (secondary N) is 1. The van der Waals surface area contributed by atoms with Gasteiger partial charge in [-0.3, -0.25) is 19.8 Å². The molecule has 9 nitrogen and oxygen atoms in total. The first-order valence-corrected chi connectivity index (χ1v) is 11.2.